The minimum Gasteiger partial charge on any atom is -0.481 e. The molecule has 3 nitrogen and oxygen atoms in total. The maximum absolute atomic E-state index is 11.4. The van der Waals surface area contributed by atoms with E-state index in [1.165, 1.54) is 0 Å². The fourth-order valence-electron chi connectivity index (χ4n) is 2.40. The number of ether oxygens (including phenoxy) is 1. The van der Waals surface area contributed by atoms with Crippen LogP contribution < -0.4 is 0 Å². The summed E-state index contributed by atoms with van der Waals surface area (Å²) in [6.07, 6.45) is 2.47. The van der Waals surface area contributed by atoms with Gasteiger partial charge in [0.1, 0.15) is 0 Å². The Bertz CT molecular complexity index is 394. The smallest absolute Gasteiger partial charge is 0.314 e. The molecule has 0 atom stereocenters. The zero-order valence-corrected chi connectivity index (χ0v) is 9.40. The number of hydrogen-bond acceptors (Lipinski definition) is 2. The van der Waals surface area contributed by atoms with E-state index in [1.807, 2.05) is 24.3 Å². The molecule has 1 aromatic carbocycles. The molecule has 0 aliphatic heterocycles. The standard InChI is InChI=1S/C13H16O3/c1-16-9-10-5-2-3-6-11(10)13(12(14)15)7-4-8-13/h2-3,5-6H,4,7-9H2,1H3,(H,14,15). The lowest BCUT2D eigenvalue weighted by atomic mass is 9.63. The first-order valence-electron chi connectivity index (χ1n) is 5.51. The van der Waals surface area contributed by atoms with Gasteiger partial charge in [-0.05, 0) is 24.0 Å². The number of rotatable bonds is 4. The van der Waals surface area contributed by atoms with Crippen LogP contribution in [0.2, 0.25) is 0 Å². The van der Waals surface area contributed by atoms with Crippen LogP contribution in [0.5, 0.6) is 0 Å². The molecule has 0 saturated heterocycles. The molecule has 0 heterocycles. The molecule has 1 aromatic rings. The Morgan fingerprint density at radius 1 is 1.44 bits per heavy atom. The molecule has 0 radical (unpaired) electrons. The number of carbonyl (C=O) groups is 1. The van der Waals surface area contributed by atoms with Gasteiger partial charge < -0.3 is 9.84 Å². The summed E-state index contributed by atoms with van der Waals surface area (Å²) in [5.41, 5.74) is 1.26. The lowest BCUT2D eigenvalue weighted by Gasteiger charge is -2.39. The van der Waals surface area contributed by atoms with Crippen molar-refractivity contribution in [1.82, 2.24) is 0 Å². The summed E-state index contributed by atoms with van der Waals surface area (Å²) in [5.74, 6) is -0.706. The Labute approximate surface area is 95.0 Å². The Kier molecular flexibility index (Phi) is 2.97. The predicted octanol–water partition coefficient (Wildman–Crippen LogP) is 2.34. The molecule has 3 heteroatoms. The van der Waals surface area contributed by atoms with Gasteiger partial charge in [-0.25, -0.2) is 0 Å². The van der Waals surface area contributed by atoms with Gasteiger partial charge in [-0.15, -0.1) is 0 Å². The van der Waals surface area contributed by atoms with Crippen LogP contribution in [0.1, 0.15) is 30.4 Å². The van der Waals surface area contributed by atoms with Gasteiger partial charge in [0.05, 0.1) is 12.0 Å². The van der Waals surface area contributed by atoms with Crippen molar-refractivity contribution in [1.29, 1.82) is 0 Å². The third-order valence-electron chi connectivity index (χ3n) is 3.45. The molecule has 0 spiro atoms. The Morgan fingerprint density at radius 2 is 2.12 bits per heavy atom. The van der Waals surface area contributed by atoms with E-state index in [0.29, 0.717) is 6.61 Å². The fourth-order valence-corrected chi connectivity index (χ4v) is 2.40. The van der Waals surface area contributed by atoms with Crippen molar-refractivity contribution < 1.29 is 14.6 Å². The summed E-state index contributed by atoms with van der Waals surface area (Å²) in [5, 5.41) is 9.39. The largest absolute Gasteiger partial charge is 0.481 e. The quantitative estimate of drug-likeness (QED) is 0.847. The van der Waals surface area contributed by atoms with Crippen LogP contribution in [0, 0.1) is 0 Å². The van der Waals surface area contributed by atoms with Gasteiger partial charge >= 0.3 is 5.97 Å². The first-order valence-corrected chi connectivity index (χ1v) is 5.51. The van der Waals surface area contributed by atoms with E-state index in [1.54, 1.807) is 7.11 Å². The maximum Gasteiger partial charge on any atom is 0.314 e. The van der Waals surface area contributed by atoms with Crippen LogP contribution in [0.15, 0.2) is 24.3 Å². The summed E-state index contributed by atoms with van der Waals surface area (Å²) in [6.45, 7) is 0.477. The lowest BCUT2D eigenvalue weighted by Crippen LogP contribution is -2.43. The Balaban J connectivity index is 2.41. The van der Waals surface area contributed by atoms with Crippen LogP contribution in [0.3, 0.4) is 0 Å². The van der Waals surface area contributed by atoms with Crippen LogP contribution in [0.25, 0.3) is 0 Å². The molecule has 16 heavy (non-hydrogen) atoms. The van der Waals surface area contributed by atoms with E-state index < -0.39 is 11.4 Å². The van der Waals surface area contributed by atoms with E-state index in [-0.39, 0.29) is 0 Å². The third kappa shape index (κ3) is 1.61. The van der Waals surface area contributed by atoms with Gasteiger partial charge in [0.2, 0.25) is 0 Å². The molecule has 2 rings (SSSR count). The average molecular weight is 220 g/mol. The molecule has 0 bridgehead atoms. The number of methoxy groups -OCH3 is 1. The van der Waals surface area contributed by atoms with E-state index in [9.17, 15) is 9.90 Å². The second-order valence-electron chi connectivity index (χ2n) is 4.33. The monoisotopic (exact) mass is 220 g/mol. The summed E-state index contributed by atoms with van der Waals surface area (Å²) < 4.78 is 5.12. The molecule has 1 saturated carbocycles. The molecule has 1 N–H and O–H groups in total. The third-order valence-corrected chi connectivity index (χ3v) is 3.45. The molecule has 1 aliphatic carbocycles. The molecular formula is C13H16O3. The second kappa shape index (κ2) is 4.26. The Morgan fingerprint density at radius 3 is 2.62 bits per heavy atom. The van der Waals surface area contributed by atoms with Gasteiger partial charge in [0.15, 0.2) is 0 Å². The summed E-state index contributed by atoms with van der Waals surface area (Å²) in [6, 6.07) is 7.69. The predicted molar refractivity (Wildman–Crippen MR) is 60.3 cm³/mol. The Hall–Kier alpha value is -1.35. The second-order valence-corrected chi connectivity index (χ2v) is 4.33. The van der Waals surface area contributed by atoms with E-state index in [4.69, 9.17) is 4.74 Å². The normalized spacial score (nSPS) is 17.8. The van der Waals surface area contributed by atoms with Crippen molar-refractivity contribution in [2.75, 3.05) is 7.11 Å². The number of hydrogen-bond donors (Lipinski definition) is 1. The molecule has 0 amide bonds. The molecule has 0 aromatic heterocycles. The van der Waals surface area contributed by atoms with E-state index >= 15 is 0 Å². The lowest BCUT2D eigenvalue weighted by molar-refractivity contribution is -0.147. The minimum absolute atomic E-state index is 0.477. The number of benzene rings is 1. The van der Waals surface area contributed by atoms with Crippen molar-refractivity contribution in [3.05, 3.63) is 35.4 Å². The van der Waals surface area contributed by atoms with Crippen LogP contribution >= 0.6 is 0 Å². The number of carboxylic acid groups (broad SMARTS) is 1. The minimum atomic E-state index is -0.706. The average Bonchev–Trinajstić information content (AvgIpc) is 2.18. The van der Waals surface area contributed by atoms with Crippen molar-refractivity contribution in [2.24, 2.45) is 0 Å². The van der Waals surface area contributed by atoms with Crippen molar-refractivity contribution in [3.8, 4) is 0 Å². The molecule has 86 valence electrons. The van der Waals surface area contributed by atoms with Gasteiger partial charge in [0, 0.05) is 7.11 Å². The fraction of sp³-hybridized carbons (Fsp3) is 0.462. The highest BCUT2D eigenvalue weighted by atomic mass is 16.5. The molecule has 1 aliphatic rings. The van der Waals surface area contributed by atoms with Crippen LogP contribution in [-0.4, -0.2) is 18.2 Å². The van der Waals surface area contributed by atoms with Gasteiger partial charge in [-0.3, -0.25) is 4.79 Å². The highest BCUT2D eigenvalue weighted by molar-refractivity contribution is 5.83. The maximum atomic E-state index is 11.4. The van der Waals surface area contributed by atoms with Crippen LogP contribution in [0.4, 0.5) is 0 Å². The topological polar surface area (TPSA) is 46.5 Å². The number of carboxylic acids is 1. The SMILES string of the molecule is COCc1ccccc1C1(C(=O)O)CCC1. The summed E-state index contributed by atoms with van der Waals surface area (Å²) in [4.78, 5) is 11.4. The zero-order chi connectivity index (χ0) is 11.6. The van der Waals surface area contributed by atoms with Gasteiger partial charge in [-0.2, -0.15) is 0 Å². The highest BCUT2D eigenvalue weighted by Gasteiger charge is 2.46. The summed E-state index contributed by atoms with van der Waals surface area (Å²) in [7, 11) is 1.63. The first-order chi connectivity index (χ1) is 7.70. The highest BCUT2D eigenvalue weighted by Crippen LogP contribution is 2.45. The van der Waals surface area contributed by atoms with Gasteiger partial charge in [-0.1, -0.05) is 30.7 Å². The van der Waals surface area contributed by atoms with Crippen molar-refractivity contribution in [3.63, 3.8) is 0 Å². The first kappa shape index (κ1) is 11.1. The van der Waals surface area contributed by atoms with Crippen LogP contribution in [-0.2, 0) is 21.6 Å². The zero-order valence-electron chi connectivity index (χ0n) is 9.40. The summed E-state index contributed by atoms with van der Waals surface area (Å²) >= 11 is 0. The van der Waals surface area contributed by atoms with E-state index in [0.717, 1.165) is 30.4 Å². The molecular weight excluding hydrogens is 204 g/mol. The van der Waals surface area contributed by atoms with Crippen molar-refractivity contribution in [2.45, 2.75) is 31.3 Å². The molecule has 1 fully saturated rings. The van der Waals surface area contributed by atoms with Gasteiger partial charge in [0.25, 0.3) is 0 Å². The van der Waals surface area contributed by atoms with Crippen molar-refractivity contribution >= 4 is 5.97 Å². The molecule has 0 unspecified atom stereocenters. The number of aliphatic carboxylic acids is 1. The van der Waals surface area contributed by atoms with E-state index in [2.05, 4.69) is 0 Å².